The second kappa shape index (κ2) is 15.4. The Hall–Kier alpha value is -3.08. The van der Waals surface area contributed by atoms with Gasteiger partial charge in [-0.25, -0.2) is 17.5 Å². The van der Waals surface area contributed by atoms with Crippen molar-refractivity contribution in [2.45, 2.75) is 87.6 Å². The van der Waals surface area contributed by atoms with Crippen LogP contribution in [0.2, 0.25) is 0 Å². The van der Waals surface area contributed by atoms with Gasteiger partial charge in [0.2, 0.25) is 10.0 Å². The summed E-state index contributed by atoms with van der Waals surface area (Å²) in [5.41, 5.74) is 0.650. The lowest BCUT2D eigenvalue weighted by Crippen LogP contribution is -2.54. The fourth-order valence-electron chi connectivity index (χ4n) is 8.13. The highest BCUT2D eigenvalue weighted by molar-refractivity contribution is 7.89. The monoisotopic (exact) mass is 703 g/mol. The van der Waals surface area contributed by atoms with E-state index in [2.05, 4.69) is 15.5 Å². The summed E-state index contributed by atoms with van der Waals surface area (Å²) in [5.74, 6) is -0.360. The molecule has 3 saturated heterocycles. The first-order valence-electron chi connectivity index (χ1n) is 17.3. The third kappa shape index (κ3) is 7.81. The van der Waals surface area contributed by atoms with Crippen LogP contribution in [0, 0.1) is 0 Å². The molecule has 0 radical (unpaired) electrons. The number of aromatic nitrogens is 1. The van der Waals surface area contributed by atoms with Crippen LogP contribution in [0.4, 0.5) is 4.79 Å². The normalized spacial score (nSPS) is 25.3. The number of fused-ring (bicyclic) bond motifs is 3. The molecule has 2 aromatic rings. The number of ether oxygens (including phenoxy) is 1. The molecule has 0 spiro atoms. The van der Waals surface area contributed by atoms with Crippen molar-refractivity contribution in [2.75, 3.05) is 61.0 Å². The Morgan fingerprint density at radius 1 is 1.10 bits per heavy atom. The number of carbonyl (C=O) groups is 2. The van der Waals surface area contributed by atoms with Crippen molar-refractivity contribution in [3.8, 4) is 0 Å². The molecule has 4 heterocycles. The number of nitrogens with one attached hydrogen (secondary N) is 2. The number of carbonyl (C=O) groups excluding carboxylic acids is 2. The number of pyridine rings is 1. The van der Waals surface area contributed by atoms with Gasteiger partial charge in [-0.3, -0.25) is 19.4 Å². The SMILES string of the molecule is CNC1C(S(=O)(=O)N(C)C)CCN1CCN(CC(O)CN1[C@@H]2CC[C@H]1CC(NC(=O)c1cc3ccccc3n(C(C)C)c1=O)C2)C(=O)OC. The van der Waals surface area contributed by atoms with E-state index in [4.69, 9.17) is 4.74 Å². The lowest BCUT2D eigenvalue weighted by atomic mass is 9.96. The zero-order valence-electron chi connectivity index (χ0n) is 29.5. The van der Waals surface area contributed by atoms with Gasteiger partial charge in [0.05, 0.1) is 31.4 Å². The summed E-state index contributed by atoms with van der Waals surface area (Å²) in [6.45, 7) is 5.57. The van der Waals surface area contributed by atoms with Crippen molar-refractivity contribution in [1.82, 2.24) is 34.2 Å². The zero-order chi connectivity index (χ0) is 35.6. The van der Waals surface area contributed by atoms with Gasteiger partial charge in [0.25, 0.3) is 11.5 Å². The molecule has 4 unspecified atom stereocenters. The highest BCUT2D eigenvalue weighted by Gasteiger charge is 2.44. The summed E-state index contributed by atoms with van der Waals surface area (Å²) in [4.78, 5) is 45.4. The first kappa shape index (κ1) is 37.2. The van der Waals surface area contributed by atoms with Gasteiger partial charge in [-0.1, -0.05) is 18.2 Å². The van der Waals surface area contributed by atoms with E-state index in [9.17, 15) is 27.9 Å². The van der Waals surface area contributed by atoms with Gasteiger partial charge in [-0.15, -0.1) is 0 Å². The van der Waals surface area contributed by atoms with Gasteiger partial charge in [0, 0.05) is 64.4 Å². The molecule has 1 aromatic heterocycles. The number of benzene rings is 1. The fraction of sp³-hybridized carbons (Fsp3) is 0.676. The summed E-state index contributed by atoms with van der Waals surface area (Å²) < 4.78 is 33.7. The van der Waals surface area contributed by atoms with E-state index in [1.807, 2.05) is 43.0 Å². The van der Waals surface area contributed by atoms with Gasteiger partial charge in [0.15, 0.2) is 0 Å². The highest BCUT2D eigenvalue weighted by atomic mass is 32.2. The number of hydrogen-bond donors (Lipinski definition) is 3. The number of nitrogens with zero attached hydrogens (tertiary/aromatic N) is 5. The van der Waals surface area contributed by atoms with Gasteiger partial charge >= 0.3 is 6.09 Å². The van der Waals surface area contributed by atoms with Gasteiger partial charge in [0.1, 0.15) is 10.8 Å². The number of rotatable bonds is 13. The predicted molar refractivity (Wildman–Crippen MR) is 188 cm³/mol. The quantitative estimate of drug-likeness (QED) is 0.278. The summed E-state index contributed by atoms with van der Waals surface area (Å²) in [6, 6.07) is 9.40. The third-order valence-corrected chi connectivity index (χ3v) is 12.8. The molecule has 14 nitrogen and oxygen atoms in total. The number of methoxy groups -OCH3 is 1. The lowest BCUT2D eigenvalue weighted by molar-refractivity contribution is 0.0294. The predicted octanol–water partition coefficient (Wildman–Crippen LogP) is 1.25. The Bertz CT molecular complexity index is 1650. The van der Waals surface area contributed by atoms with Gasteiger partial charge in [-0.2, -0.15) is 0 Å². The van der Waals surface area contributed by atoms with Crippen LogP contribution < -0.4 is 16.2 Å². The smallest absolute Gasteiger partial charge is 0.409 e. The average molecular weight is 704 g/mol. The lowest BCUT2D eigenvalue weighted by Gasteiger charge is -2.40. The van der Waals surface area contributed by atoms with E-state index in [-0.39, 0.29) is 54.3 Å². The molecule has 3 N–H and O–H groups in total. The molecule has 3 fully saturated rings. The maximum atomic E-state index is 13.5. The Labute approximate surface area is 289 Å². The Kier molecular flexibility index (Phi) is 11.7. The van der Waals surface area contributed by atoms with Crippen molar-refractivity contribution in [2.24, 2.45) is 0 Å². The molecule has 5 rings (SSSR count). The van der Waals surface area contributed by atoms with Crippen LogP contribution in [-0.2, 0) is 14.8 Å². The van der Waals surface area contributed by atoms with Crippen LogP contribution in [0.25, 0.3) is 10.9 Å². The van der Waals surface area contributed by atoms with Crippen molar-refractivity contribution in [3.05, 3.63) is 46.2 Å². The van der Waals surface area contributed by atoms with Crippen LogP contribution >= 0.6 is 0 Å². The van der Waals surface area contributed by atoms with E-state index < -0.39 is 33.6 Å². The summed E-state index contributed by atoms with van der Waals surface area (Å²) in [7, 11) is 2.64. The Morgan fingerprint density at radius 2 is 1.78 bits per heavy atom. The standard InChI is InChI=1S/C34H53N7O7S/c1-22(2)41-29-10-8-7-9-23(29)17-28(33(41)44)32(43)36-24-18-25-11-12-26(19-24)40(25)21-27(42)20-39(34(45)48-6)16-15-38-14-13-30(31(38)35-3)49(46,47)37(4)5/h7-10,17,22,24-27,30-31,35,42H,11-16,18-21H2,1-6H3,(H,36,43)/t24?,25-,26+,27?,30?,31?. The maximum Gasteiger partial charge on any atom is 0.409 e. The number of amides is 2. The fourth-order valence-corrected chi connectivity index (χ4v) is 9.71. The molecule has 49 heavy (non-hydrogen) atoms. The minimum Gasteiger partial charge on any atom is -0.453 e. The Balaban J connectivity index is 1.18. The van der Waals surface area contributed by atoms with Crippen LogP contribution in [0.5, 0.6) is 0 Å². The number of aliphatic hydroxyl groups excluding tert-OH is 1. The number of sulfonamides is 1. The minimum absolute atomic E-state index is 0.0738. The third-order valence-electron chi connectivity index (χ3n) is 10.5. The first-order valence-corrected chi connectivity index (χ1v) is 18.8. The molecule has 15 heteroatoms. The number of hydrogen-bond acceptors (Lipinski definition) is 10. The second-order valence-electron chi connectivity index (χ2n) is 14.1. The number of piperidine rings is 1. The van der Waals surface area contributed by atoms with Crippen molar-refractivity contribution in [1.29, 1.82) is 0 Å². The molecule has 1 aromatic carbocycles. The molecule has 0 aliphatic carbocycles. The molecule has 2 bridgehead atoms. The van der Waals surface area contributed by atoms with Crippen LogP contribution in [0.15, 0.2) is 35.1 Å². The molecule has 3 aliphatic rings. The summed E-state index contributed by atoms with van der Waals surface area (Å²) in [6.07, 6.45) is 2.00. The summed E-state index contributed by atoms with van der Waals surface area (Å²) in [5, 5.41) is 17.7. The van der Waals surface area contributed by atoms with Gasteiger partial charge < -0.3 is 29.9 Å². The Morgan fingerprint density at radius 3 is 2.39 bits per heavy atom. The molecule has 272 valence electrons. The molecular formula is C34H53N7O7S. The van der Waals surface area contributed by atoms with E-state index in [0.717, 1.165) is 23.7 Å². The maximum absolute atomic E-state index is 13.5. The molecular weight excluding hydrogens is 650 g/mol. The van der Waals surface area contributed by atoms with E-state index in [1.54, 1.807) is 17.7 Å². The van der Waals surface area contributed by atoms with E-state index in [0.29, 0.717) is 38.9 Å². The topological polar surface area (TPSA) is 157 Å². The van der Waals surface area contributed by atoms with Crippen LogP contribution in [0.1, 0.15) is 62.4 Å². The van der Waals surface area contributed by atoms with Crippen LogP contribution in [0.3, 0.4) is 0 Å². The van der Waals surface area contributed by atoms with E-state index in [1.165, 1.54) is 30.4 Å². The average Bonchev–Trinajstić information content (AvgIpc) is 3.58. The molecule has 3 aliphatic heterocycles. The van der Waals surface area contributed by atoms with Crippen LogP contribution in [-0.4, -0.2) is 146 Å². The number of para-hydroxylation sites is 1. The largest absolute Gasteiger partial charge is 0.453 e. The minimum atomic E-state index is -3.47. The second-order valence-corrected chi connectivity index (χ2v) is 16.5. The molecule has 0 saturated carbocycles. The molecule has 6 atom stereocenters. The van der Waals surface area contributed by atoms with Crippen molar-refractivity contribution >= 4 is 32.9 Å². The number of aliphatic hydroxyl groups is 1. The first-order chi connectivity index (χ1) is 23.3. The number of likely N-dealkylation sites (tertiary alicyclic amines) is 1. The van der Waals surface area contributed by atoms with Crippen molar-refractivity contribution < 1.29 is 27.9 Å². The van der Waals surface area contributed by atoms with E-state index >= 15 is 0 Å². The molecule has 2 amide bonds. The zero-order valence-corrected chi connectivity index (χ0v) is 30.4. The van der Waals surface area contributed by atoms with Gasteiger partial charge in [-0.05, 0) is 70.5 Å². The highest BCUT2D eigenvalue weighted by Crippen LogP contribution is 2.36. The van der Waals surface area contributed by atoms with Crippen molar-refractivity contribution in [3.63, 3.8) is 0 Å². The summed E-state index contributed by atoms with van der Waals surface area (Å²) >= 11 is 0.